The van der Waals surface area contributed by atoms with Gasteiger partial charge < -0.3 is 8.83 Å². The average molecular weight is 1250 g/mol. The van der Waals surface area contributed by atoms with Crippen LogP contribution in [0, 0.1) is 13.8 Å². The van der Waals surface area contributed by atoms with E-state index in [-0.39, 0.29) is 23.7 Å². The molecular formula is C96H62O2. The van der Waals surface area contributed by atoms with E-state index in [1.807, 2.05) is 0 Å². The Morgan fingerprint density at radius 2 is 0.571 bits per heavy atom. The summed E-state index contributed by atoms with van der Waals surface area (Å²) in [5.74, 6) is -0.482. The SMILES string of the molecule is Cc1ccc(-c2ccccc2)cc1C(c1cccc2c1-c1cccc3c1C2c1c(-c2ccccc2)c2c(c(-c4ccccc4)c1-3)C1c3cccc(C(c4cc(-c5ccccc5)ccc4C)c4cccc5c4oc4ccccc45)c3-c3cccc-2c31)c1cccc2c1oc1ccccc12. The van der Waals surface area contributed by atoms with E-state index in [0.717, 1.165) is 43.9 Å². The summed E-state index contributed by atoms with van der Waals surface area (Å²) in [5.41, 5.74) is 42.4. The monoisotopic (exact) mass is 1250 g/mol. The van der Waals surface area contributed by atoms with Crippen LogP contribution >= 0.6 is 0 Å². The van der Waals surface area contributed by atoms with Crippen molar-refractivity contribution in [3.8, 4) is 89.0 Å². The summed E-state index contributed by atoms with van der Waals surface area (Å²) >= 11 is 0. The Morgan fingerprint density at radius 3 is 0.990 bits per heavy atom. The lowest BCUT2D eigenvalue weighted by Crippen LogP contribution is -2.10. The van der Waals surface area contributed by atoms with Crippen molar-refractivity contribution in [2.75, 3.05) is 0 Å². The average Bonchev–Trinajstić information content (AvgIpc) is 1.49. The zero-order chi connectivity index (χ0) is 64.4. The van der Waals surface area contributed by atoms with Gasteiger partial charge in [-0.15, -0.1) is 0 Å². The molecule has 0 aliphatic heterocycles. The largest absolute Gasteiger partial charge is 0.456 e. The molecule has 0 bridgehead atoms. The van der Waals surface area contributed by atoms with Crippen molar-refractivity contribution >= 4 is 43.9 Å². The quantitative estimate of drug-likeness (QED) is 0.128. The molecule has 2 heterocycles. The lowest BCUT2D eigenvalue weighted by molar-refractivity contribution is 0.660. The molecule has 4 aliphatic rings. The van der Waals surface area contributed by atoms with E-state index < -0.39 is 0 Å². The molecule has 0 spiro atoms. The van der Waals surface area contributed by atoms with Crippen LogP contribution in [0.2, 0.25) is 0 Å². The Bertz CT molecular complexity index is 5820. The molecule has 4 aliphatic carbocycles. The van der Waals surface area contributed by atoms with Crippen molar-refractivity contribution in [1.29, 1.82) is 0 Å². The van der Waals surface area contributed by atoms with Crippen LogP contribution in [0.25, 0.3) is 133 Å². The van der Waals surface area contributed by atoms with Gasteiger partial charge in [0.1, 0.15) is 22.3 Å². The maximum absolute atomic E-state index is 7.09. The molecule has 0 N–H and O–H groups in total. The lowest BCUT2D eigenvalue weighted by Gasteiger charge is -2.28. The summed E-state index contributed by atoms with van der Waals surface area (Å²) in [6, 6.07) is 118. The predicted octanol–water partition coefficient (Wildman–Crippen LogP) is 25.4. The van der Waals surface area contributed by atoms with Crippen molar-refractivity contribution in [3.05, 3.63) is 393 Å². The van der Waals surface area contributed by atoms with Gasteiger partial charge in [-0.3, -0.25) is 0 Å². The number of benzene rings is 15. The molecule has 0 amide bonds. The first-order valence-electron chi connectivity index (χ1n) is 34.5. The van der Waals surface area contributed by atoms with Gasteiger partial charge in [-0.25, -0.2) is 0 Å². The smallest absolute Gasteiger partial charge is 0.139 e. The highest BCUT2D eigenvalue weighted by molar-refractivity contribution is 6.14. The Morgan fingerprint density at radius 1 is 0.235 bits per heavy atom. The van der Waals surface area contributed by atoms with Crippen LogP contribution in [0.4, 0.5) is 0 Å². The maximum atomic E-state index is 7.09. The van der Waals surface area contributed by atoms with E-state index in [1.165, 1.54) is 167 Å². The fourth-order valence-electron chi connectivity index (χ4n) is 18.6. The topological polar surface area (TPSA) is 26.3 Å². The molecule has 4 atom stereocenters. The van der Waals surface area contributed by atoms with E-state index in [4.69, 9.17) is 8.83 Å². The minimum Gasteiger partial charge on any atom is -0.456 e. The second-order valence-corrected chi connectivity index (χ2v) is 27.5. The van der Waals surface area contributed by atoms with Crippen LogP contribution < -0.4 is 0 Å². The van der Waals surface area contributed by atoms with Gasteiger partial charge in [0, 0.05) is 56.3 Å². The first-order chi connectivity index (χ1) is 48.5. The molecule has 2 nitrogen and oxygen atoms in total. The molecule has 2 aromatic heterocycles. The Kier molecular flexibility index (Phi) is 11.9. The Hall–Kier alpha value is -12.1. The van der Waals surface area contributed by atoms with Crippen molar-refractivity contribution < 1.29 is 8.83 Å². The van der Waals surface area contributed by atoms with Crippen molar-refractivity contribution in [1.82, 2.24) is 0 Å². The van der Waals surface area contributed by atoms with Crippen LogP contribution in [0.15, 0.2) is 324 Å². The fourth-order valence-corrected chi connectivity index (χ4v) is 18.6. The zero-order valence-corrected chi connectivity index (χ0v) is 54.1. The summed E-state index contributed by atoms with van der Waals surface area (Å²) in [6.45, 7) is 4.59. The number of hydrogen-bond acceptors (Lipinski definition) is 2. The summed E-state index contributed by atoms with van der Waals surface area (Å²) in [4.78, 5) is 0. The first kappa shape index (κ1) is 55.2. The second-order valence-electron chi connectivity index (χ2n) is 27.5. The summed E-state index contributed by atoms with van der Waals surface area (Å²) in [5, 5.41) is 4.53. The van der Waals surface area contributed by atoms with Crippen molar-refractivity contribution in [3.63, 3.8) is 0 Å². The van der Waals surface area contributed by atoms with E-state index in [2.05, 4.69) is 329 Å². The standard InChI is InChI=1S/C96H62O2/c1-55-49-51-61(57-25-7-3-8-26-57)53-77(55)85(75-45-19-35-65-63-33-15-17-47-79(63)97-95(65)75)67-37-21-41-71-83(67)69-39-23-43-73-87(69)91(71)93-81(59-29-11-5-12-30-59)90-74-44-24-40-70-84-68(38-22-42-72(84)92(88(70)74)94(90)82(89(73)93)60-31-13-6-14-32-60)86(78-54-62(52-50-56(78)2)58-27-9-4-10-28-58)76-46-20-36-66-64-34-16-18-48-80(64)98-96(66)76/h3-54,85-86,91-92H,1-2H3. The summed E-state index contributed by atoms with van der Waals surface area (Å²) in [7, 11) is 0. The zero-order valence-electron chi connectivity index (χ0n) is 54.1. The highest BCUT2D eigenvalue weighted by Gasteiger charge is 2.50. The molecule has 15 aromatic carbocycles. The summed E-state index contributed by atoms with van der Waals surface area (Å²) < 4.78 is 14.2. The Labute approximate surface area is 569 Å². The van der Waals surface area contributed by atoms with E-state index in [9.17, 15) is 0 Å². The maximum Gasteiger partial charge on any atom is 0.139 e. The fraction of sp³-hybridized carbons (Fsp3) is 0.0625. The van der Waals surface area contributed by atoms with E-state index >= 15 is 0 Å². The van der Waals surface area contributed by atoms with Gasteiger partial charge in [-0.05, 0) is 194 Å². The number of rotatable bonds is 10. The number of furan rings is 2. The third-order valence-corrected chi connectivity index (χ3v) is 22.5. The molecule has 0 saturated heterocycles. The molecule has 0 saturated carbocycles. The molecule has 458 valence electrons. The number of hydrogen-bond donors (Lipinski definition) is 0. The molecule has 21 rings (SSSR count). The molecular weight excluding hydrogens is 1190 g/mol. The highest BCUT2D eigenvalue weighted by atomic mass is 16.3. The van der Waals surface area contributed by atoms with Gasteiger partial charge >= 0.3 is 0 Å². The van der Waals surface area contributed by atoms with Crippen molar-refractivity contribution in [2.24, 2.45) is 0 Å². The molecule has 2 heteroatoms. The lowest BCUT2D eigenvalue weighted by atomic mass is 9.74. The third-order valence-electron chi connectivity index (χ3n) is 22.5. The van der Waals surface area contributed by atoms with Gasteiger partial charge in [0.25, 0.3) is 0 Å². The van der Waals surface area contributed by atoms with Crippen molar-refractivity contribution in [2.45, 2.75) is 37.5 Å². The molecule has 4 unspecified atom stereocenters. The second kappa shape index (κ2) is 21.2. The van der Waals surface area contributed by atoms with Crippen LogP contribution in [-0.2, 0) is 0 Å². The van der Waals surface area contributed by atoms with Crippen LogP contribution in [0.1, 0.15) is 102 Å². The van der Waals surface area contributed by atoms with E-state index in [1.54, 1.807) is 0 Å². The van der Waals surface area contributed by atoms with Gasteiger partial charge in [-0.2, -0.15) is 0 Å². The van der Waals surface area contributed by atoms with Gasteiger partial charge in [0.05, 0.1) is 0 Å². The number of fused-ring (bicyclic) bond motifs is 18. The first-order valence-corrected chi connectivity index (χ1v) is 34.5. The van der Waals surface area contributed by atoms with Gasteiger partial charge in [0.15, 0.2) is 0 Å². The molecule has 0 radical (unpaired) electrons. The van der Waals surface area contributed by atoms with Crippen LogP contribution in [0.5, 0.6) is 0 Å². The highest BCUT2D eigenvalue weighted by Crippen LogP contribution is 2.70. The van der Waals surface area contributed by atoms with Crippen LogP contribution in [0.3, 0.4) is 0 Å². The minimum absolute atomic E-state index is 0.0578. The normalized spacial score (nSPS) is 14.8. The predicted molar refractivity (Wildman–Crippen MR) is 404 cm³/mol. The van der Waals surface area contributed by atoms with Crippen LogP contribution in [-0.4, -0.2) is 0 Å². The third kappa shape index (κ3) is 7.80. The summed E-state index contributed by atoms with van der Waals surface area (Å²) in [6.07, 6.45) is 0. The molecule has 17 aromatic rings. The molecule has 0 fully saturated rings. The number of para-hydroxylation sites is 4. The Balaban J connectivity index is 0.825. The van der Waals surface area contributed by atoms with Gasteiger partial charge in [-0.1, -0.05) is 291 Å². The van der Waals surface area contributed by atoms with Gasteiger partial charge in [0.2, 0.25) is 0 Å². The minimum atomic E-state index is -0.183. The van der Waals surface area contributed by atoms with E-state index in [0.29, 0.717) is 0 Å². The number of aryl methyl sites for hydroxylation is 2. The molecule has 98 heavy (non-hydrogen) atoms.